The zero-order valence-electron chi connectivity index (χ0n) is 33.9. The van der Waals surface area contributed by atoms with Gasteiger partial charge in [-0.1, -0.05) is 164 Å². The van der Waals surface area contributed by atoms with Crippen molar-refractivity contribution in [3.8, 4) is 56.7 Å². The topological polar surface area (TPSA) is 61.7 Å². The molecule has 13 rings (SSSR count). The number of hydrogen-bond acceptors (Lipinski definition) is 4. The van der Waals surface area contributed by atoms with Crippen LogP contribution in [0.15, 0.2) is 217 Å². The number of fused-ring (bicyclic) bond motifs is 10. The fourth-order valence-electron chi connectivity index (χ4n) is 9.59. The summed E-state index contributed by atoms with van der Waals surface area (Å²) in [5.74, 6) is 1.82. The zero-order valence-corrected chi connectivity index (χ0v) is 33.9. The summed E-state index contributed by atoms with van der Waals surface area (Å²) in [6, 6.07) is 74.4. The summed E-state index contributed by atoms with van der Waals surface area (Å²) in [5, 5.41) is 6.78. The summed E-state index contributed by atoms with van der Waals surface area (Å²) < 4.78 is 11.9. The molecule has 0 aliphatic rings. The van der Waals surface area contributed by atoms with Gasteiger partial charge in [0, 0.05) is 71.5 Å². The largest absolute Gasteiger partial charge is 0.454 e. The highest BCUT2D eigenvalue weighted by atomic mass is 16.3. The number of aromatic nitrogens is 5. The van der Waals surface area contributed by atoms with Gasteiger partial charge in [0.2, 0.25) is 0 Å². The van der Waals surface area contributed by atoms with E-state index < -0.39 is 0 Å². The lowest BCUT2D eigenvalue weighted by atomic mass is 9.99. The highest BCUT2D eigenvalue weighted by Gasteiger charge is 2.24. The molecule has 13 aromatic rings. The Bertz CT molecular complexity index is 3830. The molecule has 0 amide bonds. The monoisotopic (exact) mass is 805 g/mol. The molecule has 0 N–H and O–H groups in total. The van der Waals surface area contributed by atoms with E-state index in [-0.39, 0.29) is 0 Å². The Kier molecular flexibility index (Phi) is 7.80. The molecule has 0 aliphatic heterocycles. The number of furan rings is 1. The van der Waals surface area contributed by atoms with Gasteiger partial charge >= 0.3 is 0 Å². The number of nitrogens with zero attached hydrogens (tertiary/aromatic N) is 5. The second-order valence-electron chi connectivity index (χ2n) is 16.0. The third kappa shape index (κ3) is 5.48. The third-order valence-electron chi connectivity index (χ3n) is 12.4. The molecule has 0 atom stereocenters. The van der Waals surface area contributed by atoms with E-state index in [4.69, 9.17) is 19.4 Å². The molecule has 294 valence electrons. The molecule has 0 saturated carbocycles. The van der Waals surface area contributed by atoms with Crippen LogP contribution in [0.4, 0.5) is 0 Å². The predicted molar refractivity (Wildman–Crippen MR) is 258 cm³/mol. The van der Waals surface area contributed by atoms with Gasteiger partial charge < -0.3 is 13.6 Å². The van der Waals surface area contributed by atoms with Crippen molar-refractivity contribution in [3.63, 3.8) is 0 Å². The number of benzene rings is 9. The maximum Gasteiger partial charge on any atom is 0.164 e. The fourth-order valence-corrected chi connectivity index (χ4v) is 9.59. The van der Waals surface area contributed by atoms with E-state index in [0.29, 0.717) is 17.5 Å². The standard InChI is InChI=1S/C57H35N5O/c1-5-17-36(18-6-1)55-58-56(37-19-7-2-8-20-37)60-57(59-55)38-31-32-42-48-34-33-47-46-29-16-28-45(52(46)62(40-23-11-4-12-24-40)53(47)54(48)63-50(42)35-38)44-27-15-26-43-41-25-13-14-30-49(41)61(51(43)44)39-21-9-3-10-22-39/h1-35H. The van der Waals surface area contributed by atoms with E-state index in [1.807, 2.05) is 60.7 Å². The van der Waals surface area contributed by atoms with E-state index >= 15 is 0 Å². The molecule has 0 fully saturated rings. The van der Waals surface area contributed by atoms with Crippen molar-refractivity contribution in [3.05, 3.63) is 212 Å². The molecule has 0 aliphatic carbocycles. The Balaban J connectivity index is 1.07. The highest BCUT2D eigenvalue weighted by Crippen LogP contribution is 2.46. The van der Waals surface area contributed by atoms with Crippen molar-refractivity contribution in [2.45, 2.75) is 0 Å². The smallest absolute Gasteiger partial charge is 0.164 e. The Morgan fingerprint density at radius 1 is 0.317 bits per heavy atom. The summed E-state index contributed by atoms with van der Waals surface area (Å²) in [5.41, 5.74) is 13.3. The summed E-state index contributed by atoms with van der Waals surface area (Å²) >= 11 is 0. The normalized spacial score (nSPS) is 11.8. The number of hydrogen-bond donors (Lipinski definition) is 0. The van der Waals surface area contributed by atoms with Crippen LogP contribution in [0.3, 0.4) is 0 Å². The lowest BCUT2D eigenvalue weighted by molar-refractivity contribution is 0.671. The summed E-state index contributed by atoms with van der Waals surface area (Å²) in [7, 11) is 0. The van der Waals surface area contributed by atoms with Crippen molar-refractivity contribution >= 4 is 65.6 Å². The Morgan fingerprint density at radius 2 is 0.778 bits per heavy atom. The molecule has 0 saturated heterocycles. The van der Waals surface area contributed by atoms with Gasteiger partial charge in [-0.2, -0.15) is 0 Å². The Morgan fingerprint density at radius 3 is 1.41 bits per heavy atom. The number of para-hydroxylation sites is 5. The maximum atomic E-state index is 7.09. The van der Waals surface area contributed by atoms with Crippen LogP contribution in [-0.4, -0.2) is 24.1 Å². The first-order chi connectivity index (χ1) is 31.3. The molecule has 4 aromatic heterocycles. The van der Waals surface area contributed by atoms with Gasteiger partial charge in [-0.05, 0) is 48.5 Å². The summed E-state index contributed by atoms with van der Waals surface area (Å²) in [6.45, 7) is 0. The Labute approximate surface area is 361 Å². The first-order valence-corrected chi connectivity index (χ1v) is 21.2. The molecule has 0 unspecified atom stereocenters. The molecule has 9 aromatic carbocycles. The van der Waals surface area contributed by atoms with Crippen molar-refractivity contribution in [1.82, 2.24) is 24.1 Å². The van der Waals surface area contributed by atoms with Gasteiger partial charge in [0.25, 0.3) is 0 Å². The lowest BCUT2D eigenvalue weighted by Crippen LogP contribution is -2.00. The average molecular weight is 806 g/mol. The molecule has 6 nitrogen and oxygen atoms in total. The van der Waals surface area contributed by atoms with Crippen LogP contribution in [0.1, 0.15) is 0 Å². The highest BCUT2D eigenvalue weighted by molar-refractivity contribution is 6.24. The molecule has 0 bridgehead atoms. The second-order valence-corrected chi connectivity index (χ2v) is 16.0. The van der Waals surface area contributed by atoms with Crippen molar-refractivity contribution in [2.75, 3.05) is 0 Å². The predicted octanol–water partition coefficient (Wildman–Crippen LogP) is 14.6. The summed E-state index contributed by atoms with van der Waals surface area (Å²) in [6.07, 6.45) is 0. The molecular weight excluding hydrogens is 771 g/mol. The first-order valence-electron chi connectivity index (χ1n) is 21.2. The van der Waals surface area contributed by atoms with Gasteiger partial charge in [-0.15, -0.1) is 0 Å². The molecule has 4 heterocycles. The minimum Gasteiger partial charge on any atom is -0.454 e. The van der Waals surface area contributed by atoms with Crippen LogP contribution < -0.4 is 0 Å². The van der Waals surface area contributed by atoms with Crippen LogP contribution in [0.2, 0.25) is 0 Å². The average Bonchev–Trinajstić information content (AvgIpc) is 4.03. The summed E-state index contributed by atoms with van der Waals surface area (Å²) in [4.78, 5) is 15.0. The van der Waals surface area contributed by atoms with Crippen LogP contribution in [0.5, 0.6) is 0 Å². The van der Waals surface area contributed by atoms with Gasteiger partial charge in [0.15, 0.2) is 23.1 Å². The zero-order chi connectivity index (χ0) is 41.4. The Hall–Kier alpha value is -8.61. The van der Waals surface area contributed by atoms with Crippen molar-refractivity contribution in [2.24, 2.45) is 0 Å². The van der Waals surface area contributed by atoms with Crippen LogP contribution in [0, 0.1) is 0 Å². The van der Waals surface area contributed by atoms with E-state index in [1.54, 1.807) is 0 Å². The van der Waals surface area contributed by atoms with E-state index in [0.717, 1.165) is 82.9 Å². The minimum atomic E-state index is 0.584. The maximum absolute atomic E-state index is 7.09. The molecule has 63 heavy (non-hydrogen) atoms. The van der Waals surface area contributed by atoms with Crippen LogP contribution >= 0.6 is 0 Å². The van der Waals surface area contributed by atoms with Crippen molar-refractivity contribution in [1.29, 1.82) is 0 Å². The first kappa shape index (κ1) is 35.2. The fraction of sp³-hybridized carbons (Fsp3) is 0. The molecule has 0 radical (unpaired) electrons. The minimum absolute atomic E-state index is 0.584. The molecule has 6 heteroatoms. The van der Waals surface area contributed by atoms with Gasteiger partial charge in [0.1, 0.15) is 5.58 Å². The van der Waals surface area contributed by atoms with Gasteiger partial charge in [0.05, 0.1) is 22.1 Å². The molecule has 0 spiro atoms. The number of rotatable bonds is 6. The lowest BCUT2D eigenvalue weighted by Gasteiger charge is -2.15. The quantitative estimate of drug-likeness (QED) is 0.168. The van der Waals surface area contributed by atoms with E-state index in [2.05, 4.69) is 161 Å². The van der Waals surface area contributed by atoms with Crippen LogP contribution in [0.25, 0.3) is 122 Å². The van der Waals surface area contributed by atoms with E-state index in [9.17, 15) is 0 Å². The second kappa shape index (κ2) is 14.0. The third-order valence-corrected chi connectivity index (χ3v) is 12.4. The SMILES string of the molecule is c1ccc(-c2nc(-c3ccccc3)nc(-c3ccc4c(c3)oc3c4ccc4c5cccc(-c6cccc7c8ccccc8n(-c8ccccc8)c67)c5n(-c5ccccc5)c43)n2)cc1. The molecular formula is C57H35N5O. The van der Waals surface area contributed by atoms with E-state index in [1.165, 1.54) is 21.8 Å². The van der Waals surface area contributed by atoms with Gasteiger partial charge in [-0.3, -0.25) is 0 Å². The van der Waals surface area contributed by atoms with Crippen LogP contribution in [-0.2, 0) is 0 Å². The van der Waals surface area contributed by atoms with Gasteiger partial charge in [-0.25, -0.2) is 15.0 Å². The van der Waals surface area contributed by atoms with Crippen molar-refractivity contribution < 1.29 is 4.42 Å².